The van der Waals surface area contributed by atoms with Crippen molar-refractivity contribution < 1.29 is 14.3 Å². The van der Waals surface area contributed by atoms with E-state index in [1.54, 1.807) is 16.8 Å². The van der Waals surface area contributed by atoms with Gasteiger partial charge in [-0.05, 0) is 23.8 Å². The minimum atomic E-state index is -0.555. The van der Waals surface area contributed by atoms with Crippen molar-refractivity contribution in [1.29, 1.82) is 0 Å². The Morgan fingerprint density at radius 2 is 1.83 bits per heavy atom. The topological polar surface area (TPSA) is 87.2 Å². The van der Waals surface area contributed by atoms with Gasteiger partial charge in [0, 0.05) is 5.39 Å². The number of fused-ring (bicyclic) bond motifs is 1. The van der Waals surface area contributed by atoms with Gasteiger partial charge in [0.05, 0.1) is 24.7 Å². The fourth-order valence-electron chi connectivity index (χ4n) is 2.47. The SMILES string of the molecule is COC(=O)c1ccc(Cn2nc(C(N)=O)c3ccccc32)cc1. The summed E-state index contributed by atoms with van der Waals surface area (Å²) >= 11 is 0. The molecule has 0 aliphatic rings. The molecule has 3 aromatic rings. The van der Waals surface area contributed by atoms with Crippen LogP contribution in [-0.4, -0.2) is 28.8 Å². The number of hydrogen-bond donors (Lipinski definition) is 1. The van der Waals surface area contributed by atoms with Crippen LogP contribution in [0.15, 0.2) is 48.5 Å². The van der Waals surface area contributed by atoms with E-state index in [9.17, 15) is 9.59 Å². The number of hydrogen-bond acceptors (Lipinski definition) is 4. The summed E-state index contributed by atoms with van der Waals surface area (Å²) in [4.78, 5) is 23.0. The van der Waals surface area contributed by atoms with Gasteiger partial charge in [0.25, 0.3) is 5.91 Å². The van der Waals surface area contributed by atoms with Crippen molar-refractivity contribution in [2.24, 2.45) is 5.73 Å². The summed E-state index contributed by atoms with van der Waals surface area (Å²) < 4.78 is 6.40. The summed E-state index contributed by atoms with van der Waals surface area (Å²) in [5.74, 6) is -0.932. The van der Waals surface area contributed by atoms with Crippen LogP contribution in [0.5, 0.6) is 0 Å². The number of carbonyl (C=O) groups excluding carboxylic acids is 2. The van der Waals surface area contributed by atoms with Gasteiger partial charge < -0.3 is 10.5 Å². The highest BCUT2D eigenvalue weighted by molar-refractivity contribution is 6.04. The summed E-state index contributed by atoms with van der Waals surface area (Å²) in [6.07, 6.45) is 0. The summed E-state index contributed by atoms with van der Waals surface area (Å²) in [6.45, 7) is 0.468. The molecule has 1 heterocycles. The van der Waals surface area contributed by atoms with E-state index in [0.717, 1.165) is 16.5 Å². The first-order valence-corrected chi connectivity index (χ1v) is 7.03. The lowest BCUT2D eigenvalue weighted by Crippen LogP contribution is -2.13. The summed E-state index contributed by atoms with van der Waals surface area (Å²) in [6, 6.07) is 14.5. The molecule has 116 valence electrons. The van der Waals surface area contributed by atoms with Gasteiger partial charge in [-0.15, -0.1) is 0 Å². The van der Waals surface area contributed by atoms with Crippen molar-refractivity contribution in [3.63, 3.8) is 0 Å². The van der Waals surface area contributed by atoms with Crippen LogP contribution in [0.3, 0.4) is 0 Å². The van der Waals surface area contributed by atoms with Crippen molar-refractivity contribution in [2.75, 3.05) is 7.11 Å². The monoisotopic (exact) mass is 309 g/mol. The first-order valence-electron chi connectivity index (χ1n) is 7.03. The van der Waals surface area contributed by atoms with Crippen molar-refractivity contribution in [2.45, 2.75) is 6.54 Å². The molecule has 0 aliphatic carbocycles. The molecular weight excluding hydrogens is 294 g/mol. The van der Waals surface area contributed by atoms with Crippen LogP contribution in [-0.2, 0) is 11.3 Å². The standard InChI is InChI=1S/C17H15N3O3/c1-23-17(22)12-8-6-11(7-9-12)10-20-14-5-3-2-4-13(14)15(19-20)16(18)21/h2-9H,10H2,1H3,(H2,18,21). The van der Waals surface area contributed by atoms with Gasteiger partial charge in [-0.2, -0.15) is 5.10 Å². The number of carbonyl (C=O) groups is 2. The van der Waals surface area contributed by atoms with Crippen molar-refractivity contribution >= 4 is 22.8 Å². The van der Waals surface area contributed by atoms with E-state index in [4.69, 9.17) is 5.73 Å². The number of methoxy groups -OCH3 is 1. The third kappa shape index (κ3) is 2.78. The molecular formula is C17H15N3O3. The second-order valence-corrected chi connectivity index (χ2v) is 5.08. The van der Waals surface area contributed by atoms with Crippen LogP contribution in [0.2, 0.25) is 0 Å². The van der Waals surface area contributed by atoms with Crippen molar-refractivity contribution in [3.8, 4) is 0 Å². The molecule has 0 radical (unpaired) electrons. The van der Waals surface area contributed by atoms with Crippen LogP contribution >= 0.6 is 0 Å². The van der Waals surface area contributed by atoms with Crippen molar-refractivity contribution in [1.82, 2.24) is 9.78 Å². The van der Waals surface area contributed by atoms with E-state index < -0.39 is 5.91 Å². The third-order valence-electron chi connectivity index (χ3n) is 3.60. The van der Waals surface area contributed by atoms with E-state index in [0.29, 0.717) is 12.1 Å². The highest BCUT2D eigenvalue weighted by Gasteiger charge is 2.14. The predicted octanol–water partition coefficient (Wildman–Crippen LogP) is 1.97. The number of ether oxygens (including phenoxy) is 1. The molecule has 6 nitrogen and oxygen atoms in total. The van der Waals surface area contributed by atoms with Crippen LogP contribution in [0.25, 0.3) is 10.9 Å². The number of primary amides is 1. The van der Waals surface area contributed by atoms with Gasteiger partial charge in [0.1, 0.15) is 0 Å². The molecule has 2 aromatic carbocycles. The smallest absolute Gasteiger partial charge is 0.337 e. The zero-order valence-corrected chi connectivity index (χ0v) is 12.5. The lowest BCUT2D eigenvalue weighted by atomic mass is 10.1. The maximum Gasteiger partial charge on any atom is 0.337 e. The molecule has 23 heavy (non-hydrogen) atoms. The van der Waals surface area contributed by atoms with Crippen LogP contribution in [0.4, 0.5) is 0 Å². The van der Waals surface area contributed by atoms with Crippen LogP contribution < -0.4 is 5.73 Å². The number of esters is 1. The molecule has 2 N–H and O–H groups in total. The Morgan fingerprint density at radius 3 is 2.48 bits per heavy atom. The second-order valence-electron chi connectivity index (χ2n) is 5.08. The van der Waals surface area contributed by atoms with Gasteiger partial charge in [0.15, 0.2) is 5.69 Å². The van der Waals surface area contributed by atoms with E-state index in [1.165, 1.54) is 7.11 Å². The summed E-state index contributed by atoms with van der Waals surface area (Å²) in [7, 11) is 1.34. The molecule has 3 rings (SSSR count). The summed E-state index contributed by atoms with van der Waals surface area (Å²) in [5, 5.41) is 5.04. The molecule has 1 amide bonds. The molecule has 0 spiro atoms. The average molecular weight is 309 g/mol. The molecule has 0 atom stereocenters. The number of nitrogens with two attached hydrogens (primary N) is 1. The highest BCUT2D eigenvalue weighted by atomic mass is 16.5. The number of benzene rings is 2. The van der Waals surface area contributed by atoms with Gasteiger partial charge in [0.2, 0.25) is 0 Å². The number of rotatable bonds is 4. The molecule has 1 aromatic heterocycles. The number of aromatic nitrogens is 2. The maximum absolute atomic E-state index is 11.5. The minimum absolute atomic E-state index is 0.256. The summed E-state index contributed by atoms with van der Waals surface area (Å²) in [5.41, 5.74) is 7.91. The Kier molecular flexibility index (Phi) is 3.80. The Balaban J connectivity index is 1.95. The largest absolute Gasteiger partial charge is 0.465 e. The molecule has 0 bridgehead atoms. The Hall–Kier alpha value is -3.15. The maximum atomic E-state index is 11.5. The number of nitrogens with zero attached hydrogens (tertiary/aromatic N) is 2. The quantitative estimate of drug-likeness (QED) is 0.746. The molecule has 0 saturated carbocycles. The van der Waals surface area contributed by atoms with Gasteiger partial charge >= 0.3 is 5.97 Å². The van der Waals surface area contributed by atoms with Gasteiger partial charge in [-0.3, -0.25) is 9.48 Å². The molecule has 0 saturated heterocycles. The van der Waals surface area contributed by atoms with E-state index in [-0.39, 0.29) is 11.7 Å². The Bertz CT molecular complexity index is 882. The van der Waals surface area contributed by atoms with Crippen molar-refractivity contribution in [3.05, 3.63) is 65.4 Å². The lowest BCUT2D eigenvalue weighted by molar-refractivity contribution is 0.0600. The van der Waals surface area contributed by atoms with E-state index in [2.05, 4.69) is 9.84 Å². The third-order valence-corrected chi connectivity index (χ3v) is 3.60. The molecule has 0 aliphatic heterocycles. The minimum Gasteiger partial charge on any atom is -0.465 e. The van der Waals surface area contributed by atoms with Crippen LogP contribution in [0, 0.1) is 0 Å². The van der Waals surface area contributed by atoms with E-state index in [1.807, 2.05) is 36.4 Å². The normalized spacial score (nSPS) is 10.7. The fourth-order valence-corrected chi connectivity index (χ4v) is 2.47. The zero-order valence-electron chi connectivity index (χ0n) is 12.5. The zero-order chi connectivity index (χ0) is 16.4. The molecule has 0 unspecified atom stereocenters. The number of para-hydroxylation sites is 1. The molecule has 6 heteroatoms. The average Bonchev–Trinajstić information content (AvgIpc) is 2.94. The first kappa shape index (κ1) is 14.8. The Labute approximate surface area is 132 Å². The Morgan fingerprint density at radius 1 is 1.13 bits per heavy atom. The van der Waals surface area contributed by atoms with E-state index >= 15 is 0 Å². The fraction of sp³-hybridized carbons (Fsp3) is 0.118. The van der Waals surface area contributed by atoms with Gasteiger partial charge in [-0.1, -0.05) is 30.3 Å². The first-order chi connectivity index (χ1) is 11.1. The predicted molar refractivity (Wildman–Crippen MR) is 85.1 cm³/mol. The van der Waals surface area contributed by atoms with Crippen LogP contribution in [0.1, 0.15) is 26.4 Å². The number of amides is 1. The lowest BCUT2D eigenvalue weighted by Gasteiger charge is -2.05. The van der Waals surface area contributed by atoms with Gasteiger partial charge in [-0.25, -0.2) is 4.79 Å². The molecule has 0 fully saturated rings. The second kappa shape index (κ2) is 5.92. The highest BCUT2D eigenvalue weighted by Crippen LogP contribution is 2.19.